The number of carbonyl (C=O) groups is 1. The second kappa shape index (κ2) is 6.67. The molecule has 3 nitrogen and oxygen atoms in total. The van der Waals surface area contributed by atoms with Gasteiger partial charge in [-0.1, -0.05) is 28.1 Å². The van der Waals surface area contributed by atoms with Gasteiger partial charge >= 0.3 is 6.03 Å². The highest BCUT2D eigenvalue weighted by molar-refractivity contribution is 9.10. The number of hydrogen-bond acceptors (Lipinski definition) is 1. The lowest BCUT2D eigenvalue weighted by Gasteiger charge is -2.18. The Morgan fingerprint density at radius 3 is 2.43 bits per heavy atom. The number of nitrogens with one attached hydrogen (secondary N) is 1. The summed E-state index contributed by atoms with van der Waals surface area (Å²) in [5.74, 6) is -1.94. The summed E-state index contributed by atoms with van der Waals surface area (Å²) >= 11 is 3.34. The highest BCUT2D eigenvalue weighted by atomic mass is 79.9. The number of benzene rings is 2. The normalized spacial score (nSPS) is 10.3. The smallest absolute Gasteiger partial charge is 0.321 e. The molecule has 0 spiro atoms. The quantitative estimate of drug-likeness (QED) is 0.870. The lowest BCUT2D eigenvalue weighted by Crippen LogP contribution is -2.30. The van der Waals surface area contributed by atoms with Crippen LogP contribution in [0.2, 0.25) is 0 Å². The van der Waals surface area contributed by atoms with Crippen LogP contribution in [0.25, 0.3) is 0 Å². The first-order chi connectivity index (χ1) is 9.95. The maximum absolute atomic E-state index is 13.1. The number of hydrogen-bond donors (Lipinski definition) is 1. The van der Waals surface area contributed by atoms with Gasteiger partial charge in [-0.05, 0) is 29.8 Å². The van der Waals surface area contributed by atoms with Crippen LogP contribution in [-0.4, -0.2) is 18.0 Å². The van der Waals surface area contributed by atoms with E-state index < -0.39 is 17.7 Å². The van der Waals surface area contributed by atoms with Gasteiger partial charge in [-0.2, -0.15) is 0 Å². The third kappa shape index (κ3) is 4.26. The third-order valence-corrected chi connectivity index (χ3v) is 3.38. The summed E-state index contributed by atoms with van der Waals surface area (Å²) < 4.78 is 26.8. The highest BCUT2D eigenvalue weighted by Gasteiger charge is 2.11. The molecule has 2 aromatic carbocycles. The van der Waals surface area contributed by atoms with Crippen LogP contribution in [0.1, 0.15) is 5.56 Å². The fourth-order valence-corrected chi connectivity index (χ4v) is 1.99. The van der Waals surface area contributed by atoms with Crippen molar-refractivity contribution in [2.45, 2.75) is 6.54 Å². The van der Waals surface area contributed by atoms with E-state index in [-0.39, 0.29) is 5.69 Å². The molecule has 0 aliphatic carbocycles. The first-order valence-electron chi connectivity index (χ1n) is 6.17. The number of carbonyl (C=O) groups excluding carboxylic acids is 1. The van der Waals surface area contributed by atoms with Crippen molar-refractivity contribution in [2.24, 2.45) is 0 Å². The van der Waals surface area contributed by atoms with Gasteiger partial charge in [0.05, 0.1) is 0 Å². The van der Waals surface area contributed by atoms with Crippen LogP contribution in [0.5, 0.6) is 0 Å². The molecular formula is C15H13BrF2N2O. The minimum atomic E-state index is -0.997. The predicted molar refractivity (Wildman–Crippen MR) is 81.0 cm³/mol. The van der Waals surface area contributed by atoms with Crippen LogP contribution in [-0.2, 0) is 6.54 Å². The van der Waals surface area contributed by atoms with Gasteiger partial charge in [0.25, 0.3) is 0 Å². The van der Waals surface area contributed by atoms with E-state index in [0.29, 0.717) is 6.54 Å². The summed E-state index contributed by atoms with van der Waals surface area (Å²) in [5.41, 5.74) is 1.17. The van der Waals surface area contributed by atoms with E-state index in [2.05, 4.69) is 21.2 Å². The molecule has 2 aromatic rings. The fourth-order valence-electron chi connectivity index (χ4n) is 1.73. The second-order valence-electron chi connectivity index (χ2n) is 4.54. The van der Waals surface area contributed by atoms with E-state index in [1.165, 1.54) is 11.0 Å². The Bertz CT molecular complexity index is 647. The van der Waals surface area contributed by atoms with Gasteiger partial charge in [-0.15, -0.1) is 0 Å². The van der Waals surface area contributed by atoms with Crippen molar-refractivity contribution < 1.29 is 13.6 Å². The van der Waals surface area contributed by atoms with Crippen molar-refractivity contribution >= 4 is 27.6 Å². The average molecular weight is 355 g/mol. The molecule has 1 N–H and O–H groups in total. The van der Waals surface area contributed by atoms with Crippen molar-refractivity contribution in [1.82, 2.24) is 4.90 Å². The summed E-state index contributed by atoms with van der Waals surface area (Å²) in [4.78, 5) is 13.4. The minimum Gasteiger partial charge on any atom is -0.323 e. The molecule has 0 atom stereocenters. The minimum absolute atomic E-state index is 0.210. The number of halogens is 3. The molecule has 6 heteroatoms. The zero-order valence-corrected chi connectivity index (χ0v) is 12.8. The molecule has 0 aromatic heterocycles. The van der Waals surface area contributed by atoms with Crippen LogP contribution in [0.15, 0.2) is 46.9 Å². The molecule has 0 fully saturated rings. The molecule has 0 radical (unpaired) electrons. The van der Waals surface area contributed by atoms with E-state index in [9.17, 15) is 13.6 Å². The average Bonchev–Trinajstić information content (AvgIpc) is 2.45. The molecule has 2 amide bonds. The van der Waals surface area contributed by atoms with Crippen LogP contribution >= 0.6 is 15.9 Å². The predicted octanol–water partition coefficient (Wildman–Crippen LogP) is 4.39. The molecule has 2 rings (SSSR count). The summed E-state index contributed by atoms with van der Waals surface area (Å²) in [5, 5.41) is 2.51. The Balaban J connectivity index is 1.98. The van der Waals surface area contributed by atoms with E-state index in [4.69, 9.17) is 0 Å². The molecule has 0 bridgehead atoms. The number of urea groups is 1. The largest absolute Gasteiger partial charge is 0.323 e. The van der Waals surface area contributed by atoms with Crippen LogP contribution in [0.3, 0.4) is 0 Å². The number of nitrogens with zero attached hydrogens (tertiary/aromatic N) is 1. The molecule has 0 saturated heterocycles. The molecule has 21 heavy (non-hydrogen) atoms. The Morgan fingerprint density at radius 2 is 1.81 bits per heavy atom. The van der Waals surface area contributed by atoms with Crippen molar-refractivity contribution in [3.63, 3.8) is 0 Å². The topological polar surface area (TPSA) is 32.3 Å². The fraction of sp³-hybridized carbons (Fsp3) is 0.133. The summed E-state index contributed by atoms with van der Waals surface area (Å²) in [7, 11) is 1.62. The summed E-state index contributed by atoms with van der Waals surface area (Å²) in [6.45, 7) is 0.406. The van der Waals surface area contributed by atoms with Gasteiger partial charge in [0.15, 0.2) is 11.6 Å². The van der Waals surface area contributed by atoms with Crippen LogP contribution in [0.4, 0.5) is 19.3 Å². The molecule has 0 aliphatic rings. The van der Waals surface area contributed by atoms with Gasteiger partial charge in [-0.3, -0.25) is 0 Å². The Kier molecular flexibility index (Phi) is 4.90. The first kappa shape index (κ1) is 15.4. The summed E-state index contributed by atoms with van der Waals surface area (Å²) in [6, 6.07) is 10.4. The van der Waals surface area contributed by atoms with Gasteiger partial charge in [0, 0.05) is 29.8 Å². The van der Waals surface area contributed by atoms with Gasteiger partial charge < -0.3 is 10.2 Å². The Hall–Kier alpha value is -1.95. The van der Waals surface area contributed by atoms with Gasteiger partial charge in [0.1, 0.15) is 0 Å². The number of anilines is 1. The van der Waals surface area contributed by atoms with Crippen molar-refractivity contribution in [2.75, 3.05) is 12.4 Å². The van der Waals surface area contributed by atoms with Crippen LogP contribution in [0, 0.1) is 11.6 Å². The maximum atomic E-state index is 13.1. The van der Waals surface area contributed by atoms with Gasteiger partial charge in [-0.25, -0.2) is 13.6 Å². The van der Waals surface area contributed by atoms with Crippen molar-refractivity contribution in [3.05, 3.63) is 64.1 Å². The van der Waals surface area contributed by atoms with Crippen molar-refractivity contribution in [3.8, 4) is 0 Å². The molecule has 0 heterocycles. The standard InChI is InChI=1S/C15H13BrF2N2O/c1-20(9-10-2-4-11(16)5-3-10)15(21)19-12-6-7-13(17)14(18)8-12/h2-8H,9H2,1H3,(H,19,21). The lowest BCUT2D eigenvalue weighted by molar-refractivity contribution is 0.220. The maximum Gasteiger partial charge on any atom is 0.321 e. The monoisotopic (exact) mass is 354 g/mol. The SMILES string of the molecule is CN(Cc1ccc(Br)cc1)C(=O)Nc1ccc(F)c(F)c1. The Labute approximate surface area is 129 Å². The molecule has 0 saturated carbocycles. The van der Waals surface area contributed by atoms with E-state index in [1.54, 1.807) is 7.05 Å². The highest BCUT2D eigenvalue weighted by Crippen LogP contribution is 2.15. The van der Waals surface area contributed by atoms with E-state index in [0.717, 1.165) is 22.2 Å². The second-order valence-corrected chi connectivity index (χ2v) is 5.46. The Morgan fingerprint density at radius 1 is 1.14 bits per heavy atom. The molecular weight excluding hydrogens is 342 g/mol. The molecule has 0 aliphatic heterocycles. The zero-order valence-electron chi connectivity index (χ0n) is 11.2. The number of amides is 2. The zero-order chi connectivity index (χ0) is 15.4. The first-order valence-corrected chi connectivity index (χ1v) is 6.96. The lowest BCUT2D eigenvalue weighted by atomic mass is 10.2. The van der Waals surface area contributed by atoms with Crippen molar-refractivity contribution in [1.29, 1.82) is 0 Å². The van der Waals surface area contributed by atoms with Crippen LogP contribution < -0.4 is 5.32 Å². The molecule has 0 unspecified atom stereocenters. The van der Waals surface area contributed by atoms with E-state index >= 15 is 0 Å². The third-order valence-electron chi connectivity index (χ3n) is 2.85. The van der Waals surface area contributed by atoms with Gasteiger partial charge in [0.2, 0.25) is 0 Å². The summed E-state index contributed by atoms with van der Waals surface area (Å²) in [6.07, 6.45) is 0. The number of rotatable bonds is 3. The molecule has 110 valence electrons. The van der Waals surface area contributed by atoms with E-state index in [1.807, 2.05) is 24.3 Å².